The monoisotopic (exact) mass is 798 g/mol. The van der Waals surface area contributed by atoms with Crippen molar-refractivity contribution in [1.29, 1.82) is 0 Å². The minimum Gasteiger partial charge on any atom is -0.333 e. The minimum absolute atomic E-state index is 0.215. The van der Waals surface area contributed by atoms with Gasteiger partial charge in [0.2, 0.25) is 0 Å². The van der Waals surface area contributed by atoms with Gasteiger partial charge in [0.25, 0.3) is 0 Å². The summed E-state index contributed by atoms with van der Waals surface area (Å²) in [5.74, 6) is 0. The van der Waals surface area contributed by atoms with Gasteiger partial charge in [-0.2, -0.15) is 0 Å². The van der Waals surface area contributed by atoms with Gasteiger partial charge < -0.3 is 18.6 Å². The van der Waals surface area contributed by atoms with E-state index in [1.807, 2.05) is 0 Å². The summed E-state index contributed by atoms with van der Waals surface area (Å²) in [5, 5.41) is 11.8. The maximum Gasteiger partial charge on any atom is 0.0641 e. The third-order valence-corrected chi connectivity index (χ3v) is 14.0. The van der Waals surface area contributed by atoms with E-state index in [1.165, 1.54) is 121 Å². The first-order valence-corrected chi connectivity index (χ1v) is 22.2. The zero-order chi connectivity index (χ0) is 41.4. The zero-order valence-electron chi connectivity index (χ0n) is 35.6. The molecular weight excluding hydrogens is 753 g/mol. The maximum atomic E-state index is 2.62. The van der Waals surface area contributed by atoms with E-state index in [9.17, 15) is 0 Å². The van der Waals surface area contributed by atoms with Crippen molar-refractivity contribution in [3.8, 4) is 0 Å². The Morgan fingerprint density at radius 1 is 0.500 bits per heavy atom. The van der Waals surface area contributed by atoms with Crippen LogP contribution in [0.2, 0.25) is 0 Å². The van der Waals surface area contributed by atoms with Crippen LogP contribution in [0, 0.1) is 27.7 Å². The molecule has 11 aromatic rings. The second-order valence-electron chi connectivity index (χ2n) is 17.8. The number of aryl methyl sites for hydroxylation is 4. The Morgan fingerprint density at radius 3 is 1.87 bits per heavy atom. The molecule has 0 amide bonds. The predicted octanol–water partition coefficient (Wildman–Crippen LogP) is 13.9. The average molecular weight is 799 g/mol. The van der Waals surface area contributed by atoms with Gasteiger partial charge in [0.15, 0.2) is 0 Å². The number of hydrogen-bond donors (Lipinski definition) is 0. The van der Waals surface area contributed by atoms with Crippen LogP contribution in [0.25, 0.3) is 77.4 Å². The topological polar surface area (TPSA) is 15.3 Å². The molecule has 62 heavy (non-hydrogen) atoms. The Hall–Kier alpha value is -7.30. The number of aromatic nitrogens is 2. The van der Waals surface area contributed by atoms with Gasteiger partial charge in [-0.1, -0.05) is 120 Å². The fourth-order valence-electron chi connectivity index (χ4n) is 11.4. The Morgan fingerprint density at radius 2 is 1.15 bits per heavy atom. The standard InChI is InChI=1S/C58H46N4/c1-35-23-27-47(37(3)31-35)59(39-15-7-5-8-16-39)51-29-25-41-45-33-54-46(34-53(45)61-49-21-13-11-19-43(49)55(51)57(41)61)42-26-30-52(56-44-20-12-14-22-50(44)62(54)58(42)56)60(40-17-9-6-10-18-40)48-28-24-36(2)32-38(48)4/h5-11,13,15-17,19-34,40H,12,14,18H2,1-4H3. The van der Waals surface area contributed by atoms with E-state index in [0.29, 0.717) is 0 Å². The summed E-state index contributed by atoms with van der Waals surface area (Å²) in [6, 6.07) is 48.5. The van der Waals surface area contributed by atoms with Crippen LogP contribution in [-0.2, 0) is 0 Å². The van der Waals surface area contributed by atoms with E-state index in [4.69, 9.17) is 0 Å². The molecule has 2 aliphatic rings. The molecule has 4 aromatic heterocycles. The fourth-order valence-corrected chi connectivity index (χ4v) is 11.4. The van der Waals surface area contributed by atoms with Gasteiger partial charge in [-0.3, -0.25) is 0 Å². The van der Waals surface area contributed by atoms with Gasteiger partial charge in [0, 0.05) is 65.3 Å². The molecule has 7 aromatic carbocycles. The van der Waals surface area contributed by atoms with Crippen molar-refractivity contribution < 1.29 is 0 Å². The lowest BCUT2D eigenvalue weighted by Crippen LogP contribution is -2.32. The molecule has 4 nitrogen and oxygen atoms in total. The van der Waals surface area contributed by atoms with E-state index >= 15 is 0 Å². The molecule has 0 spiro atoms. The second-order valence-corrected chi connectivity index (χ2v) is 17.8. The second kappa shape index (κ2) is 13.1. The quantitative estimate of drug-likeness (QED) is 0.166. The Labute approximate surface area is 360 Å². The van der Waals surface area contributed by atoms with Crippen LogP contribution in [0.15, 0.2) is 152 Å². The molecule has 298 valence electrons. The van der Waals surface area contributed by atoms with Crippen molar-refractivity contribution in [1.82, 2.24) is 8.80 Å². The smallest absolute Gasteiger partial charge is 0.0641 e. The van der Waals surface area contributed by atoms with Crippen molar-refractivity contribution in [3.05, 3.63) is 185 Å². The third kappa shape index (κ3) is 4.83. The lowest BCUT2D eigenvalue weighted by atomic mass is 9.99. The lowest BCUT2D eigenvalue weighted by Gasteiger charge is -2.34. The number of allylic oxidation sites excluding steroid dienone is 2. The van der Waals surface area contributed by atoms with Crippen LogP contribution >= 0.6 is 0 Å². The van der Waals surface area contributed by atoms with Gasteiger partial charge in [0.05, 0.1) is 45.0 Å². The van der Waals surface area contributed by atoms with E-state index in [2.05, 4.69) is 210 Å². The predicted molar refractivity (Wildman–Crippen MR) is 265 cm³/mol. The molecule has 1 atom stereocenters. The average Bonchev–Trinajstić information content (AvgIpc) is 4.02. The van der Waals surface area contributed by atoms with Gasteiger partial charge in [0.1, 0.15) is 0 Å². The van der Waals surface area contributed by atoms with Gasteiger partial charge >= 0.3 is 0 Å². The number of fused-ring (bicyclic) bond motifs is 12. The summed E-state index contributed by atoms with van der Waals surface area (Å²) in [6.45, 7) is 8.88. The Bertz CT molecular complexity index is 3840. The fraction of sp³-hybridized carbons (Fsp3) is 0.138. The highest BCUT2D eigenvalue weighted by Crippen LogP contribution is 2.49. The summed E-state index contributed by atoms with van der Waals surface area (Å²) in [4.78, 5) is 5.09. The number of rotatable bonds is 6. The molecule has 0 aliphatic heterocycles. The zero-order valence-corrected chi connectivity index (χ0v) is 35.6. The van der Waals surface area contributed by atoms with Gasteiger partial charge in [-0.25, -0.2) is 0 Å². The Balaban J connectivity index is 1.12. The Kier molecular flexibility index (Phi) is 7.49. The highest BCUT2D eigenvalue weighted by Gasteiger charge is 2.29. The number of benzene rings is 7. The maximum absolute atomic E-state index is 2.62. The summed E-state index contributed by atoms with van der Waals surface area (Å²) < 4.78 is 5.17. The number of nitrogens with zero attached hydrogens (tertiary/aromatic N) is 4. The first kappa shape index (κ1) is 35.5. The first-order chi connectivity index (χ1) is 30.4. The van der Waals surface area contributed by atoms with Crippen LogP contribution in [0.1, 0.15) is 41.5 Å². The van der Waals surface area contributed by atoms with Crippen LogP contribution in [0.3, 0.4) is 0 Å². The largest absolute Gasteiger partial charge is 0.333 e. The van der Waals surface area contributed by atoms with Crippen molar-refractivity contribution >= 4 is 106 Å². The number of para-hydroxylation sites is 2. The molecule has 0 fully saturated rings. The molecule has 0 saturated heterocycles. The minimum atomic E-state index is 0.215. The number of anilines is 5. The molecule has 0 bridgehead atoms. The normalized spacial score (nSPS) is 15.2. The molecular formula is C58H46N4. The van der Waals surface area contributed by atoms with E-state index in [1.54, 1.807) is 0 Å². The van der Waals surface area contributed by atoms with E-state index in [-0.39, 0.29) is 6.04 Å². The van der Waals surface area contributed by atoms with Gasteiger partial charge in [-0.15, -0.1) is 0 Å². The van der Waals surface area contributed by atoms with Crippen molar-refractivity contribution in [2.45, 2.75) is 53.0 Å². The van der Waals surface area contributed by atoms with Crippen LogP contribution in [0.5, 0.6) is 0 Å². The van der Waals surface area contributed by atoms with Crippen LogP contribution in [-0.4, -0.2) is 14.8 Å². The molecule has 0 saturated carbocycles. The molecule has 2 aliphatic carbocycles. The first-order valence-electron chi connectivity index (χ1n) is 22.2. The molecule has 4 heterocycles. The molecule has 4 heteroatoms. The SMILES string of the molecule is Cc1ccc(N(c2ccccc2)c2ccc3c4cc5c(cc4n4c6ccccc6c2c34)c2ccc(N(c3ccc(C)cc3C)C3C=CC=CC3)c3c4c(n5c32)=CCCC=4)c(C)c1. The van der Waals surface area contributed by atoms with Crippen LogP contribution < -0.4 is 20.4 Å². The van der Waals surface area contributed by atoms with Gasteiger partial charge in [-0.05, 0) is 113 Å². The van der Waals surface area contributed by atoms with Crippen LogP contribution in [0.4, 0.5) is 28.4 Å². The molecule has 0 radical (unpaired) electrons. The summed E-state index contributed by atoms with van der Waals surface area (Å²) >= 11 is 0. The lowest BCUT2D eigenvalue weighted by molar-refractivity contribution is 0.785. The molecule has 0 N–H and O–H groups in total. The highest BCUT2D eigenvalue weighted by atomic mass is 15.2. The number of hydrogen-bond acceptors (Lipinski definition) is 2. The molecule has 13 rings (SSSR count). The van der Waals surface area contributed by atoms with Crippen molar-refractivity contribution in [2.75, 3.05) is 9.80 Å². The van der Waals surface area contributed by atoms with E-state index < -0.39 is 0 Å². The van der Waals surface area contributed by atoms with Crippen molar-refractivity contribution in [3.63, 3.8) is 0 Å². The van der Waals surface area contributed by atoms with E-state index in [0.717, 1.165) is 24.9 Å². The van der Waals surface area contributed by atoms with Crippen molar-refractivity contribution in [2.24, 2.45) is 0 Å². The highest BCUT2D eigenvalue weighted by molar-refractivity contribution is 6.30. The summed E-state index contributed by atoms with van der Waals surface area (Å²) in [7, 11) is 0. The summed E-state index contributed by atoms with van der Waals surface area (Å²) in [6.07, 6.45) is 17.2. The molecule has 1 unspecified atom stereocenters. The summed E-state index contributed by atoms with van der Waals surface area (Å²) in [5.41, 5.74) is 17.6. The third-order valence-electron chi connectivity index (χ3n) is 14.0.